The van der Waals surface area contributed by atoms with Crippen molar-refractivity contribution >= 4 is 61.4 Å². The minimum atomic E-state index is 0.609. The van der Waals surface area contributed by atoms with Gasteiger partial charge < -0.3 is 23.8 Å². The number of anilines is 3. The summed E-state index contributed by atoms with van der Waals surface area (Å²) in [6.45, 7) is 15.9. The fourth-order valence-electron chi connectivity index (χ4n) is 10.7. The van der Waals surface area contributed by atoms with Gasteiger partial charge in [-0.15, -0.1) is 0 Å². The van der Waals surface area contributed by atoms with Crippen molar-refractivity contribution in [3.05, 3.63) is 151 Å². The van der Waals surface area contributed by atoms with Crippen LogP contribution in [0.2, 0.25) is 0 Å². The molecule has 406 valence electrons. The number of rotatable bonds is 30. The highest BCUT2D eigenvalue weighted by Gasteiger charge is 2.24. The van der Waals surface area contributed by atoms with Gasteiger partial charge in [-0.2, -0.15) is 8.75 Å². The van der Waals surface area contributed by atoms with E-state index in [1.165, 1.54) is 68.7 Å². The van der Waals surface area contributed by atoms with Gasteiger partial charge in [0.2, 0.25) is 0 Å². The average Bonchev–Trinajstić information content (AvgIpc) is 4.11. The van der Waals surface area contributed by atoms with Crippen LogP contribution in [-0.2, 0) is 0 Å². The van der Waals surface area contributed by atoms with E-state index in [0.29, 0.717) is 26.4 Å². The number of aryl methyl sites for hydroxylation is 2. The quantitative estimate of drug-likeness (QED) is 0.0416. The van der Waals surface area contributed by atoms with Gasteiger partial charge in [-0.25, -0.2) is 0 Å². The summed E-state index contributed by atoms with van der Waals surface area (Å²) < 4.78 is 37.7. The number of nitrogens with zero attached hydrogens (tertiary/aromatic N) is 3. The molecule has 0 atom stereocenters. The maximum Gasteiger partial charge on any atom is 0.135 e. The molecule has 0 N–H and O–H groups in total. The molecule has 0 radical (unpaired) electrons. The van der Waals surface area contributed by atoms with Crippen LogP contribution in [0.4, 0.5) is 17.1 Å². The number of fused-ring (bicyclic) bond motifs is 3. The van der Waals surface area contributed by atoms with Gasteiger partial charge >= 0.3 is 0 Å². The Morgan fingerprint density at radius 1 is 0.346 bits per heavy atom. The van der Waals surface area contributed by atoms with Crippen molar-refractivity contribution < 1.29 is 18.9 Å². The zero-order valence-electron chi connectivity index (χ0n) is 47.3. The van der Waals surface area contributed by atoms with Crippen molar-refractivity contribution in [2.45, 2.75) is 144 Å². The maximum atomic E-state index is 7.05. The minimum Gasteiger partial charge on any atom is -0.493 e. The Balaban J connectivity index is 1.14. The highest BCUT2D eigenvalue weighted by molar-refractivity contribution is 7.00. The lowest BCUT2D eigenvalue weighted by Gasteiger charge is -2.26. The highest BCUT2D eigenvalue weighted by atomic mass is 32.1. The molecule has 0 fully saturated rings. The predicted octanol–water partition coefficient (Wildman–Crippen LogP) is 20.9. The molecule has 0 aliphatic heterocycles. The van der Waals surface area contributed by atoms with E-state index in [2.05, 4.69) is 186 Å². The number of hydrogen-bond acceptors (Lipinski definition) is 8. The normalized spacial score (nSPS) is 11.5. The van der Waals surface area contributed by atoms with E-state index in [-0.39, 0.29) is 0 Å². The second-order valence-corrected chi connectivity index (χ2v) is 21.6. The van der Waals surface area contributed by atoms with Crippen LogP contribution in [0.15, 0.2) is 140 Å². The van der Waals surface area contributed by atoms with E-state index in [0.717, 1.165) is 163 Å². The standard InChI is InChI=1S/C70H81N3O4S/c1-7-11-15-22-46-74-67-51(6)30-37-62-61(67)44-42-59(69(62)76-48-24-17-13-9-3)57-39-40-58(66-65(57)71-78-72-66)60-43-45-63-64(70(60)77-49-25-18-14-10-4)41-38-56(68(63)75-47-23-16-12-8-2)52-31-35-55(36-32-52)73(53-26-20-19-21-27-53)54-33-28-50(5)29-34-54/h19-21,26-45H,7-18,22-25,46-49H2,1-6H3. The monoisotopic (exact) mass is 1060 g/mol. The van der Waals surface area contributed by atoms with E-state index in [4.69, 9.17) is 27.7 Å². The lowest BCUT2D eigenvalue weighted by Crippen LogP contribution is -2.09. The maximum absolute atomic E-state index is 7.05. The van der Waals surface area contributed by atoms with Crippen molar-refractivity contribution in [3.63, 3.8) is 0 Å². The first-order valence-electron chi connectivity index (χ1n) is 29.4. The number of unbranched alkanes of at least 4 members (excludes halogenated alkanes) is 12. The van der Waals surface area contributed by atoms with Crippen molar-refractivity contribution in [2.75, 3.05) is 31.3 Å². The summed E-state index contributed by atoms with van der Waals surface area (Å²) in [6, 6.07) is 50.4. The zero-order chi connectivity index (χ0) is 54.1. The molecule has 0 saturated heterocycles. The van der Waals surface area contributed by atoms with Crippen LogP contribution in [0.1, 0.15) is 142 Å². The SMILES string of the molecule is CCCCCCOc1c(C)ccc2c(OCCCCCC)c(-c3ccc(-c4ccc5c(OCCCCCC)c(-c6ccc(N(c7ccccc7)c7ccc(C)cc7)cc6)ccc5c4OCCCCCC)c4nsnc34)ccc12. The van der Waals surface area contributed by atoms with Gasteiger partial charge in [-0.3, -0.25) is 0 Å². The summed E-state index contributed by atoms with van der Waals surface area (Å²) in [5.74, 6) is 3.54. The molecule has 8 heteroatoms. The molecule has 8 aromatic carbocycles. The molecule has 0 spiro atoms. The first-order valence-corrected chi connectivity index (χ1v) is 30.1. The lowest BCUT2D eigenvalue weighted by atomic mass is 9.92. The van der Waals surface area contributed by atoms with Gasteiger partial charge in [-0.05, 0) is 123 Å². The number of hydrogen-bond donors (Lipinski definition) is 0. The largest absolute Gasteiger partial charge is 0.493 e. The van der Waals surface area contributed by atoms with E-state index in [9.17, 15) is 0 Å². The minimum absolute atomic E-state index is 0.609. The van der Waals surface area contributed by atoms with E-state index in [1.54, 1.807) is 0 Å². The Hall–Kier alpha value is -6.90. The fourth-order valence-corrected chi connectivity index (χ4v) is 11.3. The van der Waals surface area contributed by atoms with Crippen molar-refractivity contribution in [3.8, 4) is 56.4 Å². The molecule has 9 aromatic rings. The number of aromatic nitrogens is 2. The third kappa shape index (κ3) is 13.2. The summed E-state index contributed by atoms with van der Waals surface area (Å²) >= 11 is 1.25. The smallest absolute Gasteiger partial charge is 0.135 e. The first kappa shape index (κ1) is 55.8. The van der Waals surface area contributed by atoms with Gasteiger partial charge in [0.25, 0.3) is 0 Å². The Bertz CT molecular complexity index is 3330. The number of benzene rings is 8. The molecule has 0 amide bonds. The number of para-hydroxylation sites is 1. The fraction of sp³-hybridized carbons (Fsp3) is 0.371. The zero-order valence-corrected chi connectivity index (χ0v) is 48.1. The van der Waals surface area contributed by atoms with E-state index >= 15 is 0 Å². The first-order chi connectivity index (χ1) is 38.4. The Kier molecular flexibility index (Phi) is 20.1. The molecular weight excluding hydrogens is 979 g/mol. The summed E-state index contributed by atoms with van der Waals surface area (Å²) in [7, 11) is 0. The van der Waals surface area contributed by atoms with Gasteiger partial charge in [-0.1, -0.05) is 177 Å². The van der Waals surface area contributed by atoms with Crippen molar-refractivity contribution in [2.24, 2.45) is 0 Å². The molecule has 0 saturated carbocycles. The van der Waals surface area contributed by atoms with Gasteiger partial charge in [0, 0.05) is 66.4 Å². The van der Waals surface area contributed by atoms with Crippen LogP contribution in [0.3, 0.4) is 0 Å². The predicted molar refractivity (Wildman–Crippen MR) is 331 cm³/mol. The van der Waals surface area contributed by atoms with Crippen LogP contribution >= 0.6 is 11.7 Å². The molecule has 78 heavy (non-hydrogen) atoms. The van der Waals surface area contributed by atoms with Crippen molar-refractivity contribution in [1.29, 1.82) is 0 Å². The van der Waals surface area contributed by atoms with Crippen LogP contribution in [0, 0.1) is 13.8 Å². The molecular formula is C70H81N3O4S. The second-order valence-electron chi connectivity index (χ2n) is 21.0. The molecule has 1 heterocycles. The molecule has 0 aliphatic carbocycles. The summed E-state index contributed by atoms with van der Waals surface area (Å²) in [6.07, 6.45) is 18.0. The lowest BCUT2D eigenvalue weighted by molar-refractivity contribution is 0.304. The average molecular weight is 1060 g/mol. The van der Waals surface area contributed by atoms with E-state index < -0.39 is 0 Å². The van der Waals surface area contributed by atoms with Crippen molar-refractivity contribution in [1.82, 2.24) is 8.75 Å². The molecule has 0 unspecified atom stereocenters. The van der Waals surface area contributed by atoms with Gasteiger partial charge in [0.1, 0.15) is 34.0 Å². The third-order valence-electron chi connectivity index (χ3n) is 15.1. The molecule has 9 rings (SSSR count). The molecule has 1 aromatic heterocycles. The Morgan fingerprint density at radius 3 is 1.18 bits per heavy atom. The highest BCUT2D eigenvalue weighted by Crippen LogP contribution is 2.49. The van der Waals surface area contributed by atoms with Crippen LogP contribution in [0.25, 0.3) is 66.0 Å². The summed E-state index contributed by atoms with van der Waals surface area (Å²) in [5, 5.41) is 4.19. The third-order valence-corrected chi connectivity index (χ3v) is 15.6. The van der Waals surface area contributed by atoms with Crippen LogP contribution in [-0.4, -0.2) is 35.2 Å². The molecule has 0 aliphatic rings. The summed E-state index contributed by atoms with van der Waals surface area (Å²) in [4.78, 5) is 2.31. The molecule has 0 bridgehead atoms. The molecule has 7 nitrogen and oxygen atoms in total. The van der Waals surface area contributed by atoms with E-state index in [1.807, 2.05) is 0 Å². The topological polar surface area (TPSA) is 65.9 Å². The number of ether oxygens (including phenoxy) is 4. The van der Waals surface area contributed by atoms with Gasteiger partial charge in [0.15, 0.2) is 0 Å². The Morgan fingerprint density at radius 2 is 0.718 bits per heavy atom. The second kappa shape index (κ2) is 28.1. The Labute approximate surface area is 469 Å². The van der Waals surface area contributed by atoms with Gasteiger partial charge in [0.05, 0.1) is 38.2 Å². The summed E-state index contributed by atoms with van der Waals surface area (Å²) in [5.41, 5.74) is 13.5. The van der Waals surface area contributed by atoms with Crippen LogP contribution in [0.5, 0.6) is 23.0 Å². The van der Waals surface area contributed by atoms with Crippen LogP contribution < -0.4 is 23.8 Å².